The Labute approximate surface area is 77.5 Å². The fourth-order valence-electron chi connectivity index (χ4n) is 0.889. The van der Waals surface area contributed by atoms with Crippen LogP contribution in [0.5, 0.6) is 5.75 Å². The number of pyridine rings is 1. The fourth-order valence-corrected chi connectivity index (χ4v) is 1.14. The topological polar surface area (TPSA) is 22.1 Å². The zero-order valence-corrected chi connectivity index (χ0v) is 8.22. The molecule has 0 aliphatic heterocycles. The first-order valence-corrected chi connectivity index (χ1v) is 4.27. The van der Waals surface area contributed by atoms with Crippen molar-refractivity contribution in [2.45, 2.75) is 26.9 Å². The second kappa shape index (κ2) is 3.76. The summed E-state index contributed by atoms with van der Waals surface area (Å²) in [6.07, 6.45) is 1.80. The Balaban J connectivity index is 2.96. The van der Waals surface area contributed by atoms with Gasteiger partial charge in [-0.2, -0.15) is 0 Å². The lowest BCUT2D eigenvalue weighted by Gasteiger charge is -2.12. The summed E-state index contributed by atoms with van der Waals surface area (Å²) in [5, 5.41) is 0.434. The Bertz CT molecular complexity index is 253. The lowest BCUT2D eigenvalue weighted by molar-refractivity contribution is 0.240. The normalized spacial score (nSPS) is 10.4. The van der Waals surface area contributed by atoms with Crippen molar-refractivity contribution in [1.82, 2.24) is 4.98 Å². The van der Waals surface area contributed by atoms with Crippen LogP contribution in [0.2, 0.25) is 5.15 Å². The molecule has 0 aromatic carbocycles. The van der Waals surface area contributed by atoms with Crippen LogP contribution >= 0.6 is 11.6 Å². The summed E-state index contributed by atoms with van der Waals surface area (Å²) >= 11 is 5.84. The highest BCUT2D eigenvalue weighted by Crippen LogP contribution is 2.26. The number of aryl methyl sites for hydroxylation is 1. The Morgan fingerprint density at radius 2 is 2.17 bits per heavy atom. The molecule has 0 saturated carbocycles. The van der Waals surface area contributed by atoms with Crippen molar-refractivity contribution >= 4 is 11.6 Å². The third kappa shape index (κ3) is 2.11. The molecule has 0 spiro atoms. The van der Waals surface area contributed by atoms with Gasteiger partial charge in [-0.05, 0) is 32.4 Å². The number of halogens is 1. The summed E-state index contributed by atoms with van der Waals surface area (Å²) in [6.45, 7) is 5.87. The Morgan fingerprint density at radius 1 is 1.50 bits per heavy atom. The largest absolute Gasteiger partial charge is 0.487 e. The number of aromatic nitrogens is 1. The first kappa shape index (κ1) is 9.33. The molecule has 0 N–H and O–H groups in total. The van der Waals surface area contributed by atoms with E-state index >= 15 is 0 Å². The fraction of sp³-hybridized carbons (Fsp3) is 0.444. The second-order valence-corrected chi connectivity index (χ2v) is 3.27. The summed E-state index contributed by atoms with van der Waals surface area (Å²) in [4.78, 5) is 3.93. The van der Waals surface area contributed by atoms with Crippen LogP contribution in [0.3, 0.4) is 0 Å². The molecule has 0 aliphatic carbocycles. The molecule has 66 valence electrons. The molecule has 1 rings (SSSR count). The van der Waals surface area contributed by atoms with E-state index in [0.29, 0.717) is 10.9 Å². The SMILES string of the molecule is Cc1ccnc(Cl)c1OC(C)C. The molecular formula is C9H12ClNO. The average molecular weight is 186 g/mol. The van der Waals surface area contributed by atoms with Crippen LogP contribution in [0.1, 0.15) is 19.4 Å². The molecule has 0 radical (unpaired) electrons. The predicted molar refractivity (Wildman–Crippen MR) is 49.7 cm³/mol. The van der Waals surface area contributed by atoms with E-state index in [1.54, 1.807) is 6.20 Å². The Hall–Kier alpha value is -0.760. The molecule has 3 heteroatoms. The van der Waals surface area contributed by atoms with Gasteiger partial charge in [-0.15, -0.1) is 0 Å². The van der Waals surface area contributed by atoms with Crippen molar-refractivity contribution in [1.29, 1.82) is 0 Å². The van der Waals surface area contributed by atoms with Gasteiger partial charge in [-0.1, -0.05) is 11.6 Å². The molecule has 0 bridgehead atoms. The van der Waals surface area contributed by atoms with Gasteiger partial charge in [0, 0.05) is 6.20 Å². The van der Waals surface area contributed by atoms with Gasteiger partial charge in [0.25, 0.3) is 0 Å². The minimum absolute atomic E-state index is 0.130. The van der Waals surface area contributed by atoms with E-state index in [1.807, 2.05) is 26.8 Å². The van der Waals surface area contributed by atoms with E-state index in [4.69, 9.17) is 16.3 Å². The van der Waals surface area contributed by atoms with Crippen LogP contribution in [0, 0.1) is 6.92 Å². The van der Waals surface area contributed by atoms with E-state index in [-0.39, 0.29) is 6.10 Å². The van der Waals surface area contributed by atoms with Gasteiger partial charge >= 0.3 is 0 Å². The van der Waals surface area contributed by atoms with E-state index in [0.717, 1.165) is 5.56 Å². The number of hydrogen-bond acceptors (Lipinski definition) is 2. The lowest BCUT2D eigenvalue weighted by Crippen LogP contribution is -2.07. The van der Waals surface area contributed by atoms with Crippen LogP contribution < -0.4 is 4.74 Å². The molecule has 1 aromatic heterocycles. The summed E-state index contributed by atoms with van der Waals surface area (Å²) in [5.41, 5.74) is 1.02. The number of nitrogens with zero attached hydrogens (tertiary/aromatic N) is 1. The van der Waals surface area contributed by atoms with Crippen LogP contribution in [-0.4, -0.2) is 11.1 Å². The first-order valence-electron chi connectivity index (χ1n) is 3.89. The molecule has 1 heterocycles. The summed E-state index contributed by atoms with van der Waals surface area (Å²) in [7, 11) is 0. The Morgan fingerprint density at radius 3 is 2.67 bits per heavy atom. The van der Waals surface area contributed by atoms with Crippen LogP contribution in [0.15, 0.2) is 12.3 Å². The van der Waals surface area contributed by atoms with Gasteiger partial charge < -0.3 is 4.74 Å². The van der Waals surface area contributed by atoms with Crippen molar-refractivity contribution in [3.05, 3.63) is 23.0 Å². The molecule has 0 unspecified atom stereocenters. The molecule has 0 amide bonds. The second-order valence-electron chi connectivity index (χ2n) is 2.91. The maximum absolute atomic E-state index is 5.84. The minimum atomic E-state index is 0.130. The highest BCUT2D eigenvalue weighted by atomic mass is 35.5. The van der Waals surface area contributed by atoms with Gasteiger partial charge in [0.1, 0.15) is 0 Å². The maximum Gasteiger partial charge on any atom is 0.171 e. The average Bonchev–Trinajstić information content (AvgIpc) is 1.97. The van der Waals surface area contributed by atoms with Gasteiger partial charge in [-0.3, -0.25) is 0 Å². The van der Waals surface area contributed by atoms with Gasteiger partial charge in [0.2, 0.25) is 0 Å². The smallest absolute Gasteiger partial charge is 0.171 e. The summed E-state index contributed by atoms with van der Waals surface area (Å²) in [6, 6.07) is 1.88. The van der Waals surface area contributed by atoms with E-state index in [9.17, 15) is 0 Å². The molecule has 1 aromatic rings. The van der Waals surface area contributed by atoms with E-state index in [1.165, 1.54) is 0 Å². The van der Waals surface area contributed by atoms with E-state index < -0.39 is 0 Å². The van der Waals surface area contributed by atoms with Crippen LogP contribution in [0.25, 0.3) is 0 Å². The van der Waals surface area contributed by atoms with E-state index in [2.05, 4.69) is 4.98 Å². The number of rotatable bonds is 2. The molecular weight excluding hydrogens is 174 g/mol. The molecule has 0 saturated heterocycles. The van der Waals surface area contributed by atoms with Crippen molar-refractivity contribution in [3.63, 3.8) is 0 Å². The van der Waals surface area contributed by atoms with Crippen molar-refractivity contribution in [2.24, 2.45) is 0 Å². The molecule has 2 nitrogen and oxygen atoms in total. The van der Waals surface area contributed by atoms with Crippen LogP contribution in [-0.2, 0) is 0 Å². The third-order valence-electron chi connectivity index (χ3n) is 1.41. The minimum Gasteiger partial charge on any atom is -0.487 e. The van der Waals surface area contributed by atoms with Crippen LogP contribution in [0.4, 0.5) is 0 Å². The molecule has 0 aliphatic rings. The highest BCUT2D eigenvalue weighted by Gasteiger charge is 2.07. The monoisotopic (exact) mass is 185 g/mol. The lowest BCUT2D eigenvalue weighted by atomic mass is 10.3. The predicted octanol–water partition coefficient (Wildman–Crippen LogP) is 2.83. The van der Waals surface area contributed by atoms with Gasteiger partial charge in [-0.25, -0.2) is 4.98 Å². The molecule has 0 atom stereocenters. The zero-order chi connectivity index (χ0) is 9.14. The van der Waals surface area contributed by atoms with Crippen molar-refractivity contribution < 1.29 is 4.74 Å². The molecule has 0 fully saturated rings. The highest BCUT2D eigenvalue weighted by molar-refractivity contribution is 6.30. The number of hydrogen-bond donors (Lipinski definition) is 0. The third-order valence-corrected chi connectivity index (χ3v) is 1.68. The molecule has 12 heavy (non-hydrogen) atoms. The van der Waals surface area contributed by atoms with Crippen molar-refractivity contribution in [2.75, 3.05) is 0 Å². The summed E-state index contributed by atoms with van der Waals surface area (Å²) in [5.74, 6) is 0.689. The first-order chi connectivity index (χ1) is 5.61. The zero-order valence-electron chi connectivity index (χ0n) is 7.47. The van der Waals surface area contributed by atoms with Gasteiger partial charge in [0.05, 0.1) is 6.10 Å². The van der Waals surface area contributed by atoms with Crippen molar-refractivity contribution in [3.8, 4) is 5.75 Å². The number of ether oxygens (including phenoxy) is 1. The summed E-state index contributed by atoms with van der Waals surface area (Å²) < 4.78 is 5.48. The standard InChI is InChI=1S/C9H12ClNO/c1-6(2)12-8-7(3)4-5-11-9(8)10/h4-6H,1-3H3. The maximum atomic E-state index is 5.84. The van der Waals surface area contributed by atoms with Gasteiger partial charge in [0.15, 0.2) is 10.9 Å². The Kier molecular flexibility index (Phi) is 2.93. The quantitative estimate of drug-likeness (QED) is 0.661.